The molecule has 4 heteroatoms. The molecule has 0 N–H and O–H groups in total. The van der Waals surface area contributed by atoms with Crippen molar-refractivity contribution in [3.63, 3.8) is 0 Å². The van der Waals surface area contributed by atoms with Crippen LogP contribution in [-0.4, -0.2) is 12.3 Å². The van der Waals surface area contributed by atoms with E-state index in [0.717, 1.165) is 0 Å². The first-order valence-electron chi connectivity index (χ1n) is 1.68. The van der Waals surface area contributed by atoms with Gasteiger partial charge >= 0.3 is 29.6 Å². The number of carbonyl (C=O) groups excluding carboxylic acids is 2. The molecule has 0 bridgehead atoms. The second-order valence-corrected chi connectivity index (χ2v) is 1.00. The first-order chi connectivity index (χ1) is 3.15. The van der Waals surface area contributed by atoms with Crippen LogP contribution in [0.1, 0.15) is 13.8 Å². The summed E-state index contributed by atoms with van der Waals surface area (Å²) in [6.45, 7) is 2.56. The van der Waals surface area contributed by atoms with Gasteiger partial charge in [-0.3, -0.25) is 0 Å². The third-order valence-electron chi connectivity index (χ3n) is 0. The summed E-state index contributed by atoms with van der Waals surface area (Å²) in [6, 6.07) is 0. The van der Waals surface area contributed by atoms with Gasteiger partial charge in [-0.2, -0.15) is 0 Å². The van der Waals surface area contributed by atoms with Crippen LogP contribution in [0.5, 0.6) is 0 Å². The van der Waals surface area contributed by atoms with Crippen LogP contribution in [0.3, 0.4) is 0 Å². The van der Waals surface area contributed by atoms with Gasteiger partial charge in [-0.1, -0.05) is 0 Å². The molecule has 0 spiro atoms. The Kier molecular flexibility index (Phi) is 30.8. The molecule has 0 aromatic rings. The Morgan fingerprint density at radius 2 is 1.50 bits per heavy atom. The third kappa shape index (κ3) is 8280. The molecule has 0 rings (SSSR count). The van der Waals surface area contributed by atoms with Crippen molar-refractivity contribution in [3.05, 3.63) is 0 Å². The van der Waals surface area contributed by atoms with E-state index in [2.05, 4.69) is 0 Å². The summed E-state index contributed by atoms with van der Waals surface area (Å²) in [4.78, 5) is 17.7. The zero-order chi connectivity index (χ0) is 6.28. The van der Waals surface area contributed by atoms with Crippen LogP contribution in [0.15, 0.2) is 0 Å². The van der Waals surface area contributed by atoms with Crippen molar-refractivity contribution >= 4 is 12.3 Å². The fourth-order valence-electron chi connectivity index (χ4n) is 0. The Morgan fingerprint density at radius 3 is 1.50 bits per heavy atom. The van der Waals surface area contributed by atoms with Gasteiger partial charge in [0.05, 0.1) is 0 Å². The minimum atomic E-state index is -0.500. The van der Waals surface area contributed by atoms with Gasteiger partial charge in [0.15, 0.2) is 0 Å². The van der Waals surface area contributed by atoms with Gasteiger partial charge in [-0.05, 0) is 13.8 Å². The van der Waals surface area contributed by atoms with E-state index in [-0.39, 0.29) is 35.3 Å². The number of Topliss-reactive ketones (excluding diaryl/α,β-unsaturated/α-hetero) is 1. The first-order valence-corrected chi connectivity index (χ1v) is 1.68. The van der Waals surface area contributed by atoms with E-state index in [1.165, 1.54) is 13.8 Å². The Labute approximate surface area is 70.4 Å². The summed E-state index contributed by atoms with van der Waals surface area (Å²) in [5, 5.41) is 8.25. The average molecular weight is 126 g/mol. The van der Waals surface area contributed by atoms with E-state index in [1.807, 2.05) is 0 Å². The molecule has 0 aliphatic carbocycles. The van der Waals surface area contributed by atoms with Gasteiger partial charge < -0.3 is 14.7 Å². The Balaban J connectivity index is -0.0000000575. The van der Waals surface area contributed by atoms with Crippen LogP contribution in [0.25, 0.3) is 0 Å². The molecule has 0 aromatic heterocycles. The van der Waals surface area contributed by atoms with Crippen molar-refractivity contribution in [2.45, 2.75) is 13.8 Å². The molecule has 0 fully saturated rings. The summed E-state index contributed by atoms with van der Waals surface area (Å²) >= 11 is 0. The molecule has 3 nitrogen and oxygen atoms in total. The molecule has 0 radical (unpaired) electrons. The van der Waals surface area contributed by atoms with Gasteiger partial charge in [0, 0.05) is 6.47 Å². The predicted molar refractivity (Wildman–Crippen MR) is 22.4 cm³/mol. The summed E-state index contributed by atoms with van der Waals surface area (Å²) in [7, 11) is 0. The van der Waals surface area contributed by atoms with Crippen LogP contribution in [-0.2, 0) is 9.59 Å². The number of carboxylic acid groups (broad SMARTS) is 1. The monoisotopic (exact) mass is 126 g/mol. The number of rotatable bonds is 0. The normalized spacial score (nSPS) is 4.75. The van der Waals surface area contributed by atoms with Crippen molar-refractivity contribution in [1.29, 1.82) is 0 Å². The van der Waals surface area contributed by atoms with Crippen LogP contribution in [0.4, 0.5) is 0 Å². The molecule has 0 saturated heterocycles. The van der Waals surface area contributed by atoms with Crippen LogP contribution in [0.2, 0.25) is 0 Å². The Hall–Kier alpha value is 0.140. The zero-order valence-corrected chi connectivity index (χ0v) is 7.30. The van der Waals surface area contributed by atoms with Gasteiger partial charge in [0.2, 0.25) is 0 Å². The van der Waals surface area contributed by atoms with Crippen LogP contribution >= 0.6 is 0 Å². The summed E-state index contributed by atoms with van der Waals surface area (Å²) in [5.41, 5.74) is 0. The van der Waals surface area contributed by atoms with Crippen molar-refractivity contribution < 1.29 is 44.3 Å². The smallest absolute Gasteiger partial charge is 0.554 e. The minimum absolute atomic E-state index is 0. The maximum atomic E-state index is 9.44. The molecule has 0 heterocycles. The summed E-state index contributed by atoms with van der Waals surface area (Å²) < 4.78 is 0. The predicted octanol–water partition coefficient (Wildman–Crippen LogP) is -4.03. The molecular weight excluding hydrogens is 119 g/mol. The molecular formula is C4H7NaO3. The quantitative estimate of drug-likeness (QED) is 0.245. The zero-order valence-electron chi connectivity index (χ0n) is 5.30. The standard InChI is InChI=1S/C3H6O.CH2O2.Na/c1-3(2)4;2-1-3;/h1-2H3;1H,(H,2,3);/q;;+1/p-1. The molecule has 0 unspecified atom stereocenters. The molecule has 0 aromatic carbocycles. The second kappa shape index (κ2) is 15.7. The molecule has 0 saturated carbocycles. The SMILES string of the molecule is CC(C)=O.O=C[O-].[Na+]. The van der Waals surface area contributed by atoms with Crippen LogP contribution < -0.4 is 34.7 Å². The Bertz CT molecular complexity index is 58.3. The molecule has 8 heavy (non-hydrogen) atoms. The van der Waals surface area contributed by atoms with E-state index in [4.69, 9.17) is 9.90 Å². The molecule has 42 valence electrons. The molecule has 0 amide bonds. The van der Waals surface area contributed by atoms with E-state index in [1.54, 1.807) is 0 Å². The fraction of sp³-hybridized carbons (Fsp3) is 0.500. The van der Waals surface area contributed by atoms with Gasteiger partial charge in [0.1, 0.15) is 5.78 Å². The minimum Gasteiger partial charge on any atom is -0.554 e. The van der Waals surface area contributed by atoms with Crippen LogP contribution in [0, 0.1) is 0 Å². The maximum Gasteiger partial charge on any atom is 1.00 e. The summed E-state index contributed by atoms with van der Waals surface area (Å²) in [5.74, 6) is 0.167. The number of hydrogen-bond acceptors (Lipinski definition) is 3. The largest absolute Gasteiger partial charge is 1.00 e. The topological polar surface area (TPSA) is 57.2 Å². The van der Waals surface area contributed by atoms with Crippen molar-refractivity contribution in [2.75, 3.05) is 0 Å². The van der Waals surface area contributed by atoms with Crippen molar-refractivity contribution in [3.8, 4) is 0 Å². The second-order valence-electron chi connectivity index (χ2n) is 1.00. The first kappa shape index (κ1) is 15.7. The fourth-order valence-corrected chi connectivity index (χ4v) is 0. The average Bonchev–Trinajstić information content (AvgIpc) is 1.33. The number of carbonyl (C=O) groups is 2. The van der Waals surface area contributed by atoms with E-state index in [0.29, 0.717) is 0 Å². The molecule has 0 aliphatic rings. The Morgan fingerprint density at radius 1 is 1.50 bits per heavy atom. The summed E-state index contributed by atoms with van der Waals surface area (Å²) in [6.07, 6.45) is 0. The van der Waals surface area contributed by atoms with E-state index in [9.17, 15) is 4.79 Å². The molecule has 0 aliphatic heterocycles. The van der Waals surface area contributed by atoms with E-state index < -0.39 is 6.47 Å². The number of hydrogen-bond donors (Lipinski definition) is 0. The third-order valence-corrected chi connectivity index (χ3v) is 0. The van der Waals surface area contributed by atoms with Crippen molar-refractivity contribution in [2.24, 2.45) is 0 Å². The van der Waals surface area contributed by atoms with Gasteiger partial charge in [0.25, 0.3) is 0 Å². The van der Waals surface area contributed by atoms with Gasteiger partial charge in [-0.15, -0.1) is 0 Å². The maximum absolute atomic E-state index is 9.44. The van der Waals surface area contributed by atoms with Crippen molar-refractivity contribution in [1.82, 2.24) is 0 Å². The number of ketones is 1. The van der Waals surface area contributed by atoms with E-state index >= 15 is 0 Å². The molecule has 0 atom stereocenters. The van der Waals surface area contributed by atoms with Gasteiger partial charge in [-0.25, -0.2) is 0 Å².